The van der Waals surface area contributed by atoms with Gasteiger partial charge in [0, 0.05) is 79.2 Å². The molecule has 0 amide bonds. The van der Waals surface area contributed by atoms with Crippen LogP contribution in [0.1, 0.15) is 33.4 Å². The molecular formula is C42H20Br8Cl2N4. The summed E-state index contributed by atoms with van der Waals surface area (Å²) in [5.41, 5.74) is 3.52. The molecule has 8 rings (SSSR count). The van der Waals surface area contributed by atoms with Crippen molar-refractivity contribution in [3.63, 3.8) is 0 Å². The Morgan fingerprint density at radius 3 is 0.821 bits per heavy atom. The Balaban J connectivity index is 1.59. The van der Waals surface area contributed by atoms with Gasteiger partial charge in [-0.3, -0.25) is 0 Å². The maximum Gasteiger partial charge on any atom is 0.227 e. The summed E-state index contributed by atoms with van der Waals surface area (Å²) in [6.45, 7) is 0. The second-order valence-corrected chi connectivity index (χ2v) is 20.5. The average Bonchev–Trinajstić information content (AvgIpc) is 3.74. The van der Waals surface area contributed by atoms with E-state index in [9.17, 15) is 0 Å². The fourth-order valence-corrected chi connectivity index (χ4v) is 12.3. The molecule has 14 heteroatoms. The van der Waals surface area contributed by atoms with Gasteiger partial charge in [-0.05, 0) is 60.7 Å². The van der Waals surface area contributed by atoms with E-state index in [-0.39, 0.29) is 0 Å². The molecule has 2 aliphatic rings. The van der Waals surface area contributed by atoms with Crippen LogP contribution >= 0.6 is 151 Å². The zero-order valence-corrected chi connectivity index (χ0v) is 42.3. The fraction of sp³-hybridized carbons (Fsp3) is 0.0476. The van der Waals surface area contributed by atoms with Crippen molar-refractivity contribution in [1.29, 1.82) is 0 Å². The number of halogens is 10. The van der Waals surface area contributed by atoms with Gasteiger partial charge in [0.2, 0.25) is 11.3 Å². The van der Waals surface area contributed by atoms with Crippen molar-refractivity contribution in [3.8, 4) is 0 Å². The number of rotatable bonds is 7. The lowest BCUT2D eigenvalue weighted by molar-refractivity contribution is 0.257. The molecule has 278 valence electrons. The van der Waals surface area contributed by atoms with Crippen molar-refractivity contribution in [2.75, 3.05) is 0 Å². The maximum atomic E-state index is 7.32. The highest BCUT2D eigenvalue weighted by molar-refractivity contribution is 9.12. The minimum Gasteiger partial charge on any atom is -0.243 e. The third-order valence-electron chi connectivity index (χ3n) is 9.27. The van der Waals surface area contributed by atoms with Gasteiger partial charge in [-0.25, -0.2) is 20.0 Å². The van der Waals surface area contributed by atoms with Crippen LogP contribution in [0.2, 0.25) is 10.0 Å². The zero-order valence-electron chi connectivity index (χ0n) is 28.1. The standard InChI is InChI=1S/C42H20Br8Cl2N4/c43-21-9-13-25(31(47)17-21)37-38(26-14-10-22(44)18-32(26)48)54-41(53-37,29-5-1-3-7-35(29)51)42(30-6-2-4-8-36(30)52)55-39(27-15-11-23(45)19-33(27)49)40(56-42)28-16-12-24(46)20-34(28)50/h1-20H. The molecule has 4 nitrogen and oxygen atoms in total. The van der Waals surface area contributed by atoms with E-state index in [2.05, 4.69) is 127 Å². The summed E-state index contributed by atoms with van der Waals surface area (Å²) in [7, 11) is 0. The molecule has 0 unspecified atom stereocenters. The van der Waals surface area contributed by atoms with Crippen LogP contribution in [0, 0.1) is 0 Å². The number of aliphatic imine (C=N–C) groups is 4. The Hall–Kier alpha value is -1.58. The highest BCUT2D eigenvalue weighted by Gasteiger charge is 2.62. The monoisotopic (exact) mass is 1280 g/mol. The minimum atomic E-state index is -1.66. The van der Waals surface area contributed by atoms with Gasteiger partial charge < -0.3 is 0 Å². The van der Waals surface area contributed by atoms with Crippen LogP contribution in [0.3, 0.4) is 0 Å². The van der Waals surface area contributed by atoms with Crippen LogP contribution in [0.25, 0.3) is 0 Å². The summed E-state index contributed by atoms with van der Waals surface area (Å²) >= 11 is 44.6. The molecule has 0 fully saturated rings. The van der Waals surface area contributed by atoms with Crippen molar-refractivity contribution in [3.05, 3.63) is 201 Å². The number of hydrogen-bond acceptors (Lipinski definition) is 4. The van der Waals surface area contributed by atoms with Crippen LogP contribution in [0.5, 0.6) is 0 Å². The van der Waals surface area contributed by atoms with Crippen LogP contribution in [-0.2, 0) is 11.3 Å². The molecule has 0 aromatic heterocycles. The van der Waals surface area contributed by atoms with E-state index < -0.39 is 11.3 Å². The number of hydrogen-bond donors (Lipinski definition) is 0. The highest BCUT2D eigenvalue weighted by atomic mass is 79.9. The van der Waals surface area contributed by atoms with Crippen molar-refractivity contribution < 1.29 is 0 Å². The Morgan fingerprint density at radius 2 is 0.589 bits per heavy atom. The van der Waals surface area contributed by atoms with Crippen molar-refractivity contribution in [1.82, 2.24) is 0 Å². The Kier molecular flexibility index (Phi) is 12.1. The van der Waals surface area contributed by atoms with Crippen molar-refractivity contribution in [2.45, 2.75) is 11.3 Å². The third-order valence-corrected chi connectivity index (χ3v) is 14.5. The molecule has 0 aliphatic carbocycles. The highest BCUT2D eigenvalue weighted by Crippen LogP contribution is 2.57. The summed E-state index contributed by atoms with van der Waals surface area (Å²) in [6, 6.07) is 39.1. The molecule has 6 aromatic rings. The van der Waals surface area contributed by atoms with Gasteiger partial charge in [0.05, 0.1) is 22.8 Å². The molecule has 0 radical (unpaired) electrons. The largest absolute Gasteiger partial charge is 0.243 e. The predicted octanol–water partition coefficient (Wildman–Crippen LogP) is 16.1. The normalized spacial score (nSPS) is 15.7. The lowest BCUT2D eigenvalue weighted by Crippen LogP contribution is -2.43. The molecule has 2 aliphatic heterocycles. The quantitative estimate of drug-likeness (QED) is 0.153. The van der Waals surface area contributed by atoms with Crippen LogP contribution in [-0.4, -0.2) is 22.8 Å². The second-order valence-electron chi connectivity index (χ2n) is 12.6. The molecule has 56 heavy (non-hydrogen) atoms. The third kappa shape index (κ3) is 7.34. The molecule has 2 heterocycles. The first-order valence-corrected chi connectivity index (χ1v) is 23.6. The predicted molar refractivity (Wildman–Crippen MR) is 260 cm³/mol. The lowest BCUT2D eigenvalue weighted by atomic mass is 9.82. The van der Waals surface area contributed by atoms with Gasteiger partial charge in [0.1, 0.15) is 0 Å². The van der Waals surface area contributed by atoms with Crippen LogP contribution in [0.4, 0.5) is 0 Å². The molecule has 0 N–H and O–H groups in total. The molecule has 0 saturated carbocycles. The molecule has 0 atom stereocenters. The Labute approximate surface area is 400 Å². The Bertz CT molecular complexity index is 2430. The summed E-state index contributed by atoms with van der Waals surface area (Å²) < 4.78 is 6.85. The van der Waals surface area contributed by atoms with Gasteiger partial charge in [-0.15, -0.1) is 0 Å². The second kappa shape index (κ2) is 16.5. The van der Waals surface area contributed by atoms with Crippen LogP contribution < -0.4 is 0 Å². The smallest absolute Gasteiger partial charge is 0.227 e. The summed E-state index contributed by atoms with van der Waals surface area (Å²) in [4.78, 5) is 23.1. The first-order valence-electron chi connectivity index (χ1n) is 16.5. The molecule has 0 saturated heterocycles. The first kappa shape index (κ1) is 41.2. The minimum absolute atomic E-state index is 0.437. The SMILES string of the molecule is Clc1ccccc1C1(C2(c3ccccc3Cl)N=C(c3ccc(Br)cc3Br)C(c3ccc(Br)cc3Br)=N2)N=C(c2ccc(Br)cc2Br)C(c2ccc(Br)cc2Br)=N1. The average molecular weight is 1290 g/mol. The molecular weight excluding hydrogens is 1270 g/mol. The first-order chi connectivity index (χ1) is 26.8. The fourth-order valence-electron chi connectivity index (χ4n) is 6.80. The van der Waals surface area contributed by atoms with Gasteiger partial charge in [-0.2, -0.15) is 0 Å². The van der Waals surface area contributed by atoms with Gasteiger partial charge in [-0.1, -0.05) is 211 Å². The van der Waals surface area contributed by atoms with Crippen LogP contribution in [0.15, 0.2) is 177 Å². The zero-order chi connectivity index (χ0) is 39.5. The van der Waals surface area contributed by atoms with Crippen molar-refractivity contribution in [2.24, 2.45) is 20.0 Å². The Morgan fingerprint density at radius 1 is 0.339 bits per heavy atom. The van der Waals surface area contributed by atoms with Crippen molar-refractivity contribution >= 4 is 173 Å². The summed E-state index contributed by atoms with van der Waals surface area (Å²) in [5, 5.41) is 0.874. The van der Waals surface area contributed by atoms with E-state index >= 15 is 0 Å². The van der Waals surface area contributed by atoms with E-state index in [4.69, 9.17) is 43.2 Å². The molecule has 0 spiro atoms. The lowest BCUT2D eigenvalue weighted by Gasteiger charge is -2.39. The molecule has 0 bridgehead atoms. The number of benzene rings is 6. The van der Waals surface area contributed by atoms with Gasteiger partial charge >= 0.3 is 0 Å². The molecule has 6 aromatic carbocycles. The van der Waals surface area contributed by atoms with Gasteiger partial charge in [0.25, 0.3) is 0 Å². The summed E-state index contributed by atoms with van der Waals surface area (Å²) in [5.74, 6) is 0. The van der Waals surface area contributed by atoms with E-state index in [1.165, 1.54) is 0 Å². The van der Waals surface area contributed by atoms with E-state index in [0.29, 0.717) is 44.0 Å². The van der Waals surface area contributed by atoms with E-state index in [0.717, 1.165) is 58.0 Å². The van der Waals surface area contributed by atoms with Gasteiger partial charge in [0.15, 0.2) is 0 Å². The summed E-state index contributed by atoms with van der Waals surface area (Å²) in [6.07, 6.45) is 0. The van der Waals surface area contributed by atoms with E-state index in [1.54, 1.807) is 0 Å². The number of nitrogens with zero attached hydrogens (tertiary/aromatic N) is 4. The maximum absolute atomic E-state index is 7.32. The topological polar surface area (TPSA) is 49.4 Å². The van der Waals surface area contributed by atoms with E-state index in [1.807, 2.05) is 121 Å².